The van der Waals surface area contributed by atoms with Gasteiger partial charge in [-0.2, -0.15) is 0 Å². The summed E-state index contributed by atoms with van der Waals surface area (Å²) < 4.78 is 10.4. The number of ether oxygens (including phenoxy) is 2. The molecule has 0 radical (unpaired) electrons. The fraction of sp³-hybridized carbons (Fsp3) is 0.455. The van der Waals surface area contributed by atoms with Gasteiger partial charge in [0, 0.05) is 18.7 Å². The fourth-order valence-corrected chi connectivity index (χ4v) is 3.83. The van der Waals surface area contributed by atoms with Crippen molar-refractivity contribution < 1.29 is 28.7 Å². The van der Waals surface area contributed by atoms with Crippen molar-refractivity contribution in [2.24, 2.45) is 5.92 Å². The Kier molecular flexibility index (Phi) is 6.94. The molecule has 2 heterocycles. The molecule has 31 heavy (non-hydrogen) atoms. The van der Waals surface area contributed by atoms with E-state index in [4.69, 9.17) is 9.47 Å². The molecule has 9 nitrogen and oxygen atoms in total. The van der Waals surface area contributed by atoms with Gasteiger partial charge in [0.25, 0.3) is 0 Å². The van der Waals surface area contributed by atoms with Gasteiger partial charge >= 0.3 is 18.0 Å². The molecule has 2 N–H and O–H groups in total. The van der Waals surface area contributed by atoms with Crippen molar-refractivity contribution in [3.05, 3.63) is 41.1 Å². The topological polar surface area (TPSA) is 114 Å². The van der Waals surface area contributed by atoms with E-state index in [1.54, 1.807) is 18.7 Å². The van der Waals surface area contributed by atoms with Crippen LogP contribution in [0.1, 0.15) is 32.8 Å². The van der Waals surface area contributed by atoms with Crippen LogP contribution in [0, 0.1) is 5.92 Å². The molecule has 1 aromatic rings. The number of hydrogen-bond acceptors (Lipinski definition) is 6. The number of anilines is 1. The zero-order chi connectivity index (χ0) is 22.5. The van der Waals surface area contributed by atoms with Crippen molar-refractivity contribution in [3.63, 3.8) is 0 Å². The van der Waals surface area contributed by atoms with Crippen LogP contribution >= 0.6 is 0 Å². The van der Waals surface area contributed by atoms with Crippen molar-refractivity contribution in [2.75, 3.05) is 24.7 Å². The van der Waals surface area contributed by atoms with E-state index in [2.05, 4.69) is 10.6 Å². The monoisotopic (exact) mass is 429 g/mol. The first kappa shape index (κ1) is 22.3. The van der Waals surface area contributed by atoms with Crippen LogP contribution in [-0.4, -0.2) is 49.7 Å². The highest BCUT2D eigenvalue weighted by molar-refractivity contribution is 6.00. The first-order chi connectivity index (χ1) is 14.8. The van der Waals surface area contributed by atoms with E-state index >= 15 is 0 Å². The maximum absolute atomic E-state index is 12.7. The molecule has 9 heteroatoms. The molecule has 2 atom stereocenters. The Hall–Kier alpha value is -3.36. The Labute approximate surface area is 180 Å². The molecule has 3 rings (SSSR count). The number of aryl methyl sites for hydroxylation is 1. The Bertz CT molecular complexity index is 926. The van der Waals surface area contributed by atoms with Crippen LogP contribution in [0.25, 0.3) is 0 Å². The Morgan fingerprint density at radius 1 is 1.16 bits per heavy atom. The lowest BCUT2D eigenvalue weighted by molar-refractivity contribution is -0.147. The standard InChI is InChI=1S/C22H27N3O6/c1-4-14-8-6-7-9-17(14)25-11-15(10-18(25)26)20(27)31-12-16-19(21(28)30-5-2)13(3)23-22(29)24-16/h6-9,13,15H,4-5,10-12H2,1-3H3,(H2,23,24,29)/t13-,15+/m1/s1. The summed E-state index contributed by atoms with van der Waals surface area (Å²) in [5.41, 5.74) is 2.22. The highest BCUT2D eigenvalue weighted by atomic mass is 16.5. The normalized spacial score (nSPS) is 20.9. The minimum Gasteiger partial charge on any atom is -0.463 e. The molecule has 0 aliphatic carbocycles. The average Bonchev–Trinajstić information content (AvgIpc) is 3.13. The number of carbonyl (C=O) groups is 4. The molecule has 1 saturated heterocycles. The smallest absolute Gasteiger partial charge is 0.338 e. The molecule has 0 spiro atoms. The van der Waals surface area contributed by atoms with Crippen LogP contribution in [-0.2, 0) is 30.3 Å². The number of amides is 3. The number of hydrogen-bond donors (Lipinski definition) is 2. The van der Waals surface area contributed by atoms with Crippen LogP contribution in [0.4, 0.5) is 10.5 Å². The second-order valence-corrected chi connectivity index (χ2v) is 7.43. The summed E-state index contributed by atoms with van der Waals surface area (Å²) in [4.78, 5) is 50.9. The van der Waals surface area contributed by atoms with E-state index in [1.807, 2.05) is 31.2 Å². The highest BCUT2D eigenvalue weighted by Crippen LogP contribution is 2.29. The van der Waals surface area contributed by atoms with Crippen molar-refractivity contribution in [1.82, 2.24) is 10.6 Å². The van der Waals surface area contributed by atoms with Crippen molar-refractivity contribution >= 4 is 29.6 Å². The van der Waals surface area contributed by atoms with Gasteiger partial charge in [-0.15, -0.1) is 0 Å². The summed E-state index contributed by atoms with van der Waals surface area (Å²) in [6.07, 6.45) is 0.816. The van der Waals surface area contributed by atoms with Crippen molar-refractivity contribution in [3.8, 4) is 0 Å². The minimum absolute atomic E-state index is 0.0466. The zero-order valence-electron chi connectivity index (χ0n) is 17.9. The van der Waals surface area contributed by atoms with E-state index in [-0.39, 0.29) is 43.4 Å². The van der Waals surface area contributed by atoms with Gasteiger partial charge in [-0.25, -0.2) is 9.59 Å². The van der Waals surface area contributed by atoms with Crippen LogP contribution in [0.3, 0.4) is 0 Å². The number of benzene rings is 1. The molecular weight excluding hydrogens is 402 g/mol. The maximum atomic E-state index is 12.7. The average molecular weight is 429 g/mol. The van der Waals surface area contributed by atoms with Gasteiger partial charge in [-0.3, -0.25) is 9.59 Å². The van der Waals surface area contributed by atoms with Gasteiger partial charge in [0.1, 0.15) is 6.61 Å². The molecule has 0 saturated carbocycles. The summed E-state index contributed by atoms with van der Waals surface area (Å²) in [7, 11) is 0. The minimum atomic E-state index is -0.626. The highest BCUT2D eigenvalue weighted by Gasteiger charge is 2.37. The number of urea groups is 1. The van der Waals surface area contributed by atoms with Crippen molar-refractivity contribution in [1.29, 1.82) is 0 Å². The van der Waals surface area contributed by atoms with E-state index in [9.17, 15) is 19.2 Å². The molecule has 0 unspecified atom stereocenters. The first-order valence-corrected chi connectivity index (χ1v) is 10.4. The summed E-state index contributed by atoms with van der Waals surface area (Å²) in [5.74, 6) is -1.91. The van der Waals surface area contributed by atoms with Crippen LogP contribution < -0.4 is 15.5 Å². The van der Waals surface area contributed by atoms with E-state index < -0.39 is 29.9 Å². The maximum Gasteiger partial charge on any atom is 0.338 e. The number of carbonyl (C=O) groups excluding carboxylic acids is 4. The van der Waals surface area contributed by atoms with E-state index in [0.29, 0.717) is 0 Å². The zero-order valence-corrected chi connectivity index (χ0v) is 17.9. The predicted molar refractivity (Wildman–Crippen MR) is 112 cm³/mol. The third-order valence-corrected chi connectivity index (χ3v) is 5.35. The Balaban J connectivity index is 1.70. The number of esters is 2. The number of rotatable bonds is 7. The van der Waals surface area contributed by atoms with Gasteiger partial charge in [0.15, 0.2) is 0 Å². The SMILES string of the molecule is CCOC(=O)C1=C(COC(=O)[C@H]2CC(=O)N(c3ccccc3CC)C2)NC(=O)N[C@@H]1C. The molecule has 1 fully saturated rings. The molecular formula is C22H27N3O6. The van der Waals surface area contributed by atoms with Crippen LogP contribution in [0.15, 0.2) is 35.5 Å². The molecule has 166 valence electrons. The number of nitrogens with zero attached hydrogens (tertiary/aromatic N) is 1. The lowest BCUT2D eigenvalue weighted by Crippen LogP contribution is -2.50. The molecule has 2 aliphatic heterocycles. The van der Waals surface area contributed by atoms with Gasteiger partial charge in [0.05, 0.1) is 29.8 Å². The summed E-state index contributed by atoms with van der Waals surface area (Å²) in [6.45, 7) is 5.44. The van der Waals surface area contributed by atoms with E-state index in [0.717, 1.165) is 17.7 Å². The third kappa shape index (κ3) is 4.87. The predicted octanol–water partition coefficient (Wildman–Crippen LogP) is 1.66. The van der Waals surface area contributed by atoms with Gasteiger partial charge in [0.2, 0.25) is 5.91 Å². The van der Waals surface area contributed by atoms with E-state index in [1.165, 1.54) is 0 Å². The molecule has 1 aromatic carbocycles. The van der Waals surface area contributed by atoms with Crippen molar-refractivity contribution in [2.45, 2.75) is 39.7 Å². The molecule has 0 aromatic heterocycles. The lowest BCUT2D eigenvalue weighted by Gasteiger charge is -2.26. The fourth-order valence-electron chi connectivity index (χ4n) is 3.83. The lowest BCUT2D eigenvalue weighted by atomic mass is 10.0. The second kappa shape index (κ2) is 9.63. The summed E-state index contributed by atoms with van der Waals surface area (Å²) in [5, 5.41) is 5.10. The summed E-state index contributed by atoms with van der Waals surface area (Å²) in [6, 6.07) is 6.52. The number of para-hydroxylation sites is 1. The first-order valence-electron chi connectivity index (χ1n) is 10.4. The number of nitrogens with one attached hydrogen (secondary N) is 2. The molecule has 3 amide bonds. The van der Waals surface area contributed by atoms with Crippen LogP contribution in [0.2, 0.25) is 0 Å². The van der Waals surface area contributed by atoms with Crippen LogP contribution in [0.5, 0.6) is 0 Å². The van der Waals surface area contributed by atoms with Gasteiger partial charge < -0.3 is 25.0 Å². The quantitative estimate of drug-likeness (QED) is 0.638. The van der Waals surface area contributed by atoms with Gasteiger partial charge in [-0.05, 0) is 31.9 Å². The Morgan fingerprint density at radius 2 is 1.90 bits per heavy atom. The molecule has 0 bridgehead atoms. The summed E-state index contributed by atoms with van der Waals surface area (Å²) >= 11 is 0. The second-order valence-electron chi connectivity index (χ2n) is 7.43. The third-order valence-electron chi connectivity index (χ3n) is 5.35. The largest absolute Gasteiger partial charge is 0.463 e. The Morgan fingerprint density at radius 3 is 2.61 bits per heavy atom. The van der Waals surface area contributed by atoms with Gasteiger partial charge in [-0.1, -0.05) is 25.1 Å². The molecule has 2 aliphatic rings.